The van der Waals surface area contributed by atoms with E-state index < -0.39 is 0 Å². The van der Waals surface area contributed by atoms with E-state index in [0.717, 1.165) is 21.4 Å². The van der Waals surface area contributed by atoms with Gasteiger partial charge < -0.3 is 9.84 Å². The molecule has 1 heterocycles. The van der Waals surface area contributed by atoms with E-state index in [0.29, 0.717) is 5.75 Å². The number of aryl methyl sites for hydroxylation is 1. The number of benzene rings is 1. The largest absolute Gasteiger partial charge is 0.506 e. The molecule has 0 saturated carbocycles. The van der Waals surface area contributed by atoms with E-state index in [9.17, 15) is 5.11 Å². The van der Waals surface area contributed by atoms with Gasteiger partial charge in [-0.15, -0.1) is 11.3 Å². The minimum Gasteiger partial charge on any atom is -0.506 e. The van der Waals surface area contributed by atoms with Gasteiger partial charge in [0.15, 0.2) is 0 Å². The molecule has 1 N–H and O–H groups in total. The monoisotopic (exact) mass is 194 g/mol. The zero-order valence-electron chi connectivity index (χ0n) is 7.50. The van der Waals surface area contributed by atoms with E-state index >= 15 is 0 Å². The highest BCUT2D eigenvalue weighted by Gasteiger charge is 2.09. The molecule has 68 valence electrons. The lowest BCUT2D eigenvalue weighted by Gasteiger charge is -2.06. The van der Waals surface area contributed by atoms with Crippen molar-refractivity contribution in [2.75, 3.05) is 7.11 Å². The number of rotatable bonds is 1. The van der Waals surface area contributed by atoms with E-state index in [4.69, 9.17) is 4.74 Å². The maximum atomic E-state index is 9.63. The molecule has 13 heavy (non-hydrogen) atoms. The van der Waals surface area contributed by atoms with Crippen LogP contribution in [0.4, 0.5) is 0 Å². The number of hydrogen-bond acceptors (Lipinski definition) is 3. The van der Waals surface area contributed by atoms with E-state index in [1.54, 1.807) is 24.5 Å². The molecule has 2 rings (SSSR count). The van der Waals surface area contributed by atoms with Gasteiger partial charge in [0.25, 0.3) is 0 Å². The van der Waals surface area contributed by atoms with Gasteiger partial charge in [0.2, 0.25) is 0 Å². The first-order chi connectivity index (χ1) is 6.24. The molecule has 0 spiro atoms. The van der Waals surface area contributed by atoms with Crippen LogP contribution in [0, 0.1) is 6.92 Å². The summed E-state index contributed by atoms with van der Waals surface area (Å²) in [6.07, 6.45) is 0. The molecular formula is C10H10O2S. The van der Waals surface area contributed by atoms with Crippen LogP contribution in [0.5, 0.6) is 11.5 Å². The molecule has 0 radical (unpaired) electrons. The van der Waals surface area contributed by atoms with Crippen LogP contribution in [-0.4, -0.2) is 12.2 Å². The Morgan fingerprint density at radius 1 is 1.46 bits per heavy atom. The fourth-order valence-electron chi connectivity index (χ4n) is 1.45. The summed E-state index contributed by atoms with van der Waals surface area (Å²) in [7, 11) is 1.61. The van der Waals surface area contributed by atoms with E-state index in [1.165, 1.54) is 0 Å². The van der Waals surface area contributed by atoms with Crippen molar-refractivity contribution >= 4 is 21.4 Å². The first-order valence-corrected chi connectivity index (χ1v) is 4.85. The van der Waals surface area contributed by atoms with E-state index in [1.807, 2.05) is 18.4 Å². The van der Waals surface area contributed by atoms with Crippen LogP contribution in [0.2, 0.25) is 0 Å². The van der Waals surface area contributed by atoms with Crippen LogP contribution in [0.1, 0.15) is 5.56 Å². The van der Waals surface area contributed by atoms with Gasteiger partial charge in [0, 0.05) is 11.5 Å². The summed E-state index contributed by atoms with van der Waals surface area (Å²) in [6, 6.07) is 3.66. The topological polar surface area (TPSA) is 29.5 Å². The Labute approximate surface area is 80.4 Å². The minimum absolute atomic E-state index is 0.299. The highest BCUT2D eigenvalue weighted by Crippen LogP contribution is 2.37. The summed E-state index contributed by atoms with van der Waals surface area (Å²) < 4.78 is 6.08. The van der Waals surface area contributed by atoms with Crippen LogP contribution in [0.25, 0.3) is 10.1 Å². The van der Waals surface area contributed by atoms with Gasteiger partial charge in [0.05, 0.1) is 11.8 Å². The molecule has 0 amide bonds. The Kier molecular flexibility index (Phi) is 1.88. The maximum absolute atomic E-state index is 9.63. The van der Waals surface area contributed by atoms with Crippen molar-refractivity contribution in [3.8, 4) is 11.5 Å². The third-order valence-corrected chi connectivity index (χ3v) is 3.10. The van der Waals surface area contributed by atoms with Crippen molar-refractivity contribution < 1.29 is 9.84 Å². The van der Waals surface area contributed by atoms with Crippen molar-refractivity contribution in [2.45, 2.75) is 6.92 Å². The quantitative estimate of drug-likeness (QED) is 0.756. The fourth-order valence-corrected chi connectivity index (χ4v) is 2.31. The molecule has 1 aromatic heterocycles. The van der Waals surface area contributed by atoms with Gasteiger partial charge in [0.1, 0.15) is 11.5 Å². The van der Waals surface area contributed by atoms with Crippen LogP contribution in [-0.2, 0) is 0 Å². The van der Waals surface area contributed by atoms with E-state index in [2.05, 4.69) is 0 Å². The van der Waals surface area contributed by atoms with Gasteiger partial charge >= 0.3 is 0 Å². The molecule has 0 aliphatic rings. The van der Waals surface area contributed by atoms with Gasteiger partial charge in [-0.05, 0) is 23.9 Å². The fraction of sp³-hybridized carbons (Fsp3) is 0.200. The lowest BCUT2D eigenvalue weighted by molar-refractivity contribution is 0.406. The summed E-state index contributed by atoms with van der Waals surface area (Å²) >= 11 is 1.54. The molecule has 1 aromatic carbocycles. The molecule has 0 saturated heterocycles. The first-order valence-electron chi connectivity index (χ1n) is 3.98. The van der Waals surface area contributed by atoms with Gasteiger partial charge in [-0.1, -0.05) is 0 Å². The number of phenols is 1. The molecule has 0 aliphatic heterocycles. The number of aromatic hydroxyl groups is 1. The number of fused-ring (bicyclic) bond motifs is 1. The second kappa shape index (κ2) is 2.92. The average molecular weight is 194 g/mol. The zero-order valence-corrected chi connectivity index (χ0v) is 8.31. The minimum atomic E-state index is 0.299. The molecular weight excluding hydrogens is 184 g/mol. The lowest BCUT2D eigenvalue weighted by Crippen LogP contribution is -1.86. The third kappa shape index (κ3) is 1.16. The number of hydrogen-bond donors (Lipinski definition) is 1. The number of thiophene rings is 1. The SMILES string of the molecule is COc1cc(O)c2sccc2c1C. The summed E-state index contributed by atoms with van der Waals surface area (Å²) in [4.78, 5) is 0. The first kappa shape index (κ1) is 8.38. The summed E-state index contributed by atoms with van der Waals surface area (Å²) in [5, 5.41) is 12.7. The van der Waals surface area contributed by atoms with Gasteiger partial charge in [-0.2, -0.15) is 0 Å². The van der Waals surface area contributed by atoms with Crippen LogP contribution in [0.15, 0.2) is 17.5 Å². The van der Waals surface area contributed by atoms with Crippen molar-refractivity contribution in [3.63, 3.8) is 0 Å². The van der Waals surface area contributed by atoms with Crippen molar-refractivity contribution in [1.82, 2.24) is 0 Å². The normalized spacial score (nSPS) is 10.6. The number of ether oxygens (including phenoxy) is 1. The Balaban J connectivity index is 2.85. The average Bonchev–Trinajstić information content (AvgIpc) is 2.60. The second-order valence-electron chi connectivity index (χ2n) is 2.89. The molecule has 2 aromatic rings. The summed E-state index contributed by atoms with van der Waals surface area (Å²) in [5.41, 5.74) is 1.08. The number of methoxy groups -OCH3 is 1. The third-order valence-electron chi connectivity index (χ3n) is 2.16. The summed E-state index contributed by atoms with van der Waals surface area (Å²) in [5.74, 6) is 1.04. The Hall–Kier alpha value is -1.22. The second-order valence-corrected chi connectivity index (χ2v) is 3.80. The molecule has 0 bridgehead atoms. The highest BCUT2D eigenvalue weighted by molar-refractivity contribution is 7.17. The van der Waals surface area contributed by atoms with Crippen LogP contribution >= 0.6 is 11.3 Å². The van der Waals surface area contributed by atoms with Crippen molar-refractivity contribution in [1.29, 1.82) is 0 Å². The Morgan fingerprint density at radius 3 is 2.92 bits per heavy atom. The van der Waals surface area contributed by atoms with Gasteiger partial charge in [-0.25, -0.2) is 0 Å². The predicted octanol–water partition coefficient (Wildman–Crippen LogP) is 2.92. The summed E-state index contributed by atoms with van der Waals surface area (Å²) in [6.45, 7) is 1.99. The molecule has 3 heteroatoms. The maximum Gasteiger partial charge on any atom is 0.137 e. The van der Waals surface area contributed by atoms with Crippen molar-refractivity contribution in [3.05, 3.63) is 23.1 Å². The zero-order chi connectivity index (χ0) is 9.42. The number of phenolic OH excluding ortho intramolecular Hbond substituents is 1. The van der Waals surface area contributed by atoms with Crippen molar-refractivity contribution in [2.24, 2.45) is 0 Å². The standard InChI is InChI=1S/C10H10O2S/c1-6-7-3-4-13-10(7)8(11)5-9(6)12-2/h3-5,11H,1-2H3. The molecule has 0 unspecified atom stereocenters. The Bertz CT molecular complexity index is 445. The Morgan fingerprint density at radius 2 is 2.23 bits per heavy atom. The van der Waals surface area contributed by atoms with E-state index in [-0.39, 0.29) is 0 Å². The molecule has 0 atom stereocenters. The lowest BCUT2D eigenvalue weighted by atomic mass is 10.1. The van der Waals surface area contributed by atoms with Crippen LogP contribution < -0.4 is 4.74 Å². The predicted molar refractivity (Wildman–Crippen MR) is 54.8 cm³/mol. The highest BCUT2D eigenvalue weighted by atomic mass is 32.1. The molecule has 0 aliphatic carbocycles. The molecule has 0 fully saturated rings. The van der Waals surface area contributed by atoms with Gasteiger partial charge in [-0.3, -0.25) is 0 Å². The smallest absolute Gasteiger partial charge is 0.137 e. The molecule has 2 nitrogen and oxygen atoms in total. The van der Waals surface area contributed by atoms with Crippen LogP contribution in [0.3, 0.4) is 0 Å².